The van der Waals surface area contributed by atoms with Gasteiger partial charge in [-0.05, 0) is 29.7 Å². The first-order valence-electron chi connectivity index (χ1n) is 8.29. The molecule has 0 fully saturated rings. The molecule has 2 aromatic rings. The molecule has 1 N–H and O–H groups in total. The van der Waals surface area contributed by atoms with Crippen LogP contribution in [-0.2, 0) is 22.3 Å². The molecule has 0 aliphatic heterocycles. The van der Waals surface area contributed by atoms with Gasteiger partial charge in [-0.2, -0.15) is 13.2 Å². The summed E-state index contributed by atoms with van der Waals surface area (Å²) in [5, 5.41) is 2.47. The highest BCUT2D eigenvalue weighted by atomic mass is 19.4. The van der Waals surface area contributed by atoms with Crippen molar-refractivity contribution < 1.29 is 22.8 Å². The lowest BCUT2D eigenvalue weighted by atomic mass is 9.99. The zero-order valence-corrected chi connectivity index (χ0v) is 15.0. The van der Waals surface area contributed by atoms with E-state index in [4.69, 9.17) is 0 Å². The minimum atomic E-state index is -4.43. The van der Waals surface area contributed by atoms with E-state index in [0.717, 1.165) is 12.1 Å². The number of benzene rings is 1. The Balaban J connectivity index is 1.91. The average molecular weight is 379 g/mol. The molecule has 0 bridgehead atoms. The second kappa shape index (κ2) is 8.66. The third-order valence-electron chi connectivity index (χ3n) is 4.02. The summed E-state index contributed by atoms with van der Waals surface area (Å²) in [6.45, 7) is 1.90. The predicted molar refractivity (Wildman–Crippen MR) is 93.6 cm³/mol. The van der Waals surface area contributed by atoms with Crippen LogP contribution in [0.4, 0.5) is 13.2 Å². The number of amides is 2. The Labute approximate surface area is 155 Å². The third-order valence-corrected chi connectivity index (χ3v) is 4.02. The quantitative estimate of drug-likeness (QED) is 0.813. The molecule has 1 aromatic carbocycles. The number of aromatic nitrogens is 1. The van der Waals surface area contributed by atoms with Gasteiger partial charge in [0.2, 0.25) is 0 Å². The van der Waals surface area contributed by atoms with Crippen molar-refractivity contribution in [2.45, 2.75) is 25.6 Å². The van der Waals surface area contributed by atoms with Crippen molar-refractivity contribution in [2.75, 3.05) is 13.6 Å². The smallest absolute Gasteiger partial charge is 0.347 e. The first-order valence-corrected chi connectivity index (χ1v) is 8.29. The molecule has 5 nitrogen and oxygen atoms in total. The first-order chi connectivity index (χ1) is 12.7. The van der Waals surface area contributed by atoms with Crippen LogP contribution in [0.2, 0.25) is 0 Å². The van der Waals surface area contributed by atoms with Gasteiger partial charge in [0.1, 0.15) is 0 Å². The SMILES string of the molecule is CC(CNC(=O)C(=O)N(C)Cc1ccccn1)c1cccc(C(F)(F)F)c1. The highest BCUT2D eigenvalue weighted by Crippen LogP contribution is 2.30. The Kier molecular flexibility index (Phi) is 6.55. The molecule has 1 atom stereocenters. The van der Waals surface area contributed by atoms with Gasteiger partial charge >= 0.3 is 18.0 Å². The number of carbonyl (C=O) groups excluding carboxylic acids is 2. The lowest BCUT2D eigenvalue weighted by Crippen LogP contribution is -2.42. The summed E-state index contributed by atoms with van der Waals surface area (Å²) < 4.78 is 38.4. The maximum atomic E-state index is 12.8. The predicted octanol–water partition coefficient (Wildman–Crippen LogP) is 2.98. The Bertz CT molecular complexity index is 794. The molecule has 1 aromatic heterocycles. The van der Waals surface area contributed by atoms with E-state index in [0.29, 0.717) is 11.3 Å². The highest BCUT2D eigenvalue weighted by molar-refractivity contribution is 6.34. The number of carbonyl (C=O) groups is 2. The lowest BCUT2D eigenvalue weighted by molar-refractivity contribution is -0.145. The molecule has 0 aliphatic rings. The Morgan fingerprint density at radius 3 is 2.56 bits per heavy atom. The molecule has 8 heteroatoms. The van der Waals surface area contributed by atoms with Crippen LogP contribution in [0, 0.1) is 0 Å². The Morgan fingerprint density at radius 2 is 1.93 bits per heavy atom. The molecule has 2 amide bonds. The zero-order valence-electron chi connectivity index (χ0n) is 15.0. The van der Waals surface area contributed by atoms with Crippen LogP contribution in [0.5, 0.6) is 0 Å². The fourth-order valence-electron chi connectivity index (χ4n) is 2.44. The van der Waals surface area contributed by atoms with Crippen LogP contribution in [-0.4, -0.2) is 35.3 Å². The zero-order chi connectivity index (χ0) is 20.0. The normalized spacial score (nSPS) is 12.3. The molecule has 0 aliphatic carbocycles. The van der Waals surface area contributed by atoms with Crippen LogP contribution in [0.3, 0.4) is 0 Å². The third kappa shape index (κ3) is 5.80. The van der Waals surface area contributed by atoms with E-state index in [1.54, 1.807) is 37.4 Å². The minimum Gasteiger partial charge on any atom is -0.347 e. The van der Waals surface area contributed by atoms with Gasteiger partial charge in [0.15, 0.2) is 0 Å². The van der Waals surface area contributed by atoms with Crippen LogP contribution in [0.1, 0.15) is 29.7 Å². The molecule has 144 valence electrons. The lowest BCUT2D eigenvalue weighted by Gasteiger charge is -2.18. The van der Waals surface area contributed by atoms with Crippen molar-refractivity contribution >= 4 is 11.8 Å². The van der Waals surface area contributed by atoms with Gasteiger partial charge in [0, 0.05) is 19.8 Å². The van der Waals surface area contributed by atoms with Crippen LogP contribution in [0.15, 0.2) is 48.7 Å². The largest absolute Gasteiger partial charge is 0.416 e. The summed E-state index contributed by atoms with van der Waals surface area (Å²) in [4.78, 5) is 29.5. The fourth-order valence-corrected chi connectivity index (χ4v) is 2.44. The Morgan fingerprint density at radius 1 is 1.19 bits per heavy atom. The van der Waals surface area contributed by atoms with Crippen molar-refractivity contribution in [1.82, 2.24) is 15.2 Å². The van der Waals surface area contributed by atoms with Crippen LogP contribution < -0.4 is 5.32 Å². The molecule has 0 saturated carbocycles. The Hall–Kier alpha value is -2.90. The van der Waals surface area contributed by atoms with Crippen LogP contribution >= 0.6 is 0 Å². The highest BCUT2D eigenvalue weighted by Gasteiger charge is 2.30. The van der Waals surface area contributed by atoms with Gasteiger partial charge in [0.25, 0.3) is 0 Å². The number of alkyl halides is 3. The molecule has 1 unspecified atom stereocenters. The molecule has 0 saturated heterocycles. The summed E-state index contributed by atoms with van der Waals surface area (Å²) in [7, 11) is 1.48. The van der Waals surface area contributed by atoms with Gasteiger partial charge in [-0.1, -0.05) is 31.2 Å². The second-order valence-corrected chi connectivity index (χ2v) is 6.22. The first kappa shape index (κ1) is 20.4. The van der Waals surface area contributed by atoms with Crippen molar-refractivity contribution in [3.63, 3.8) is 0 Å². The van der Waals surface area contributed by atoms with Crippen molar-refractivity contribution in [3.8, 4) is 0 Å². The van der Waals surface area contributed by atoms with E-state index in [-0.39, 0.29) is 19.0 Å². The van der Waals surface area contributed by atoms with E-state index < -0.39 is 23.6 Å². The van der Waals surface area contributed by atoms with E-state index in [1.165, 1.54) is 18.0 Å². The summed E-state index contributed by atoms with van der Waals surface area (Å²) >= 11 is 0. The maximum absolute atomic E-state index is 12.8. The number of halogens is 3. The number of nitrogens with one attached hydrogen (secondary N) is 1. The monoisotopic (exact) mass is 379 g/mol. The summed E-state index contributed by atoms with van der Waals surface area (Å²) in [6, 6.07) is 10.2. The number of rotatable bonds is 5. The van der Waals surface area contributed by atoms with Crippen molar-refractivity contribution in [2.24, 2.45) is 0 Å². The number of nitrogens with zero attached hydrogens (tertiary/aromatic N) is 2. The van der Waals surface area contributed by atoms with Gasteiger partial charge in [-0.25, -0.2) is 0 Å². The molecular weight excluding hydrogens is 359 g/mol. The average Bonchev–Trinajstić information content (AvgIpc) is 2.65. The molecule has 1 heterocycles. The minimum absolute atomic E-state index is 0.0450. The summed E-state index contributed by atoms with van der Waals surface area (Å²) in [6.07, 6.45) is -2.84. The van der Waals surface area contributed by atoms with Crippen molar-refractivity contribution in [3.05, 3.63) is 65.5 Å². The van der Waals surface area contributed by atoms with Gasteiger partial charge < -0.3 is 10.2 Å². The maximum Gasteiger partial charge on any atom is 0.416 e. The molecule has 27 heavy (non-hydrogen) atoms. The summed E-state index contributed by atoms with van der Waals surface area (Å²) in [5.41, 5.74) is 0.322. The number of hydrogen-bond acceptors (Lipinski definition) is 3. The second-order valence-electron chi connectivity index (χ2n) is 6.22. The standard InChI is InChI=1S/C19H20F3N3O2/c1-13(14-6-5-7-15(10-14)19(20,21)22)11-24-17(26)18(27)25(2)12-16-8-3-4-9-23-16/h3-10,13H,11-12H2,1-2H3,(H,24,26). The summed E-state index contributed by atoms with van der Waals surface area (Å²) in [5.74, 6) is -1.94. The number of likely N-dealkylation sites (N-methyl/N-ethyl adjacent to an activating group) is 1. The van der Waals surface area contributed by atoms with Crippen LogP contribution in [0.25, 0.3) is 0 Å². The van der Waals surface area contributed by atoms with E-state index in [9.17, 15) is 22.8 Å². The van der Waals surface area contributed by atoms with Crippen molar-refractivity contribution in [1.29, 1.82) is 0 Å². The van der Waals surface area contributed by atoms with E-state index >= 15 is 0 Å². The van der Waals surface area contributed by atoms with Gasteiger partial charge in [-0.15, -0.1) is 0 Å². The van der Waals surface area contributed by atoms with Gasteiger partial charge in [-0.3, -0.25) is 14.6 Å². The number of hydrogen-bond donors (Lipinski definition) is 1. The van der Waals surface area contributed by atoms with E-state index in [2.05, 4.69) is 10.3 Å². The topological polar surface area (TPSA) is 62.3 Å². The van der Waals surface area contributed by atoms with Gasteiger partial charge in [0.05, 0.1) is 17.8 Å². The number of pyridine rings is 1. The molecule has 0 radical (unpaired) electrons. The molecule has 2 rings (SSSR count). The molecule has 0 spiro atoms. The molecular formula is C19H20F3N3O2. The van der Waals surface area contributed by atoms with E-state index in [1.807, 2.05) is 0 Å². The fraction of sp³-hybridized carbons (Fsp3) is 0.316.